The Morgan fingerprint density at radius 2 is 2.00 bits per heavy atom. The van der Waals surface area contributed by atoms with Gasteiger partial charge in [-0.2, -0.15) is 0 Å². The summed E-state index contributed by atoms with van der Waals surface area (Å²) >= 11 is 0. The molecule has 2 fully saturated rings. The molecule has 3 rings (SSSR count). The van der Waals surface area contributed by atoms with Crippen molar-refractivity contribution >= 4 is 15.7 Å². The second-order valence-electron chi connectivity index (χ2n) is 4.25. The van der Waals surface area contributed by atoms with E-state index in [0.29, 0.717) is 13.0 Å². The molecule has 1 N–H and O–H groups in total. The molecule has 0 radical (unpaired) electrons. The second-order valence-corrected chi connectivity index (χ2v) is 6.45. The van der Waals surface area contributed by atoms with Crippen LogP contribution in [0, 0.1) is 11.3 Å². The molecule has 1 aliphatic carbocycles. The molecule has 2 atom stereocenters. The highest BCUT2D eigenvalue weighted by Gasteiger charge is 2.72. The fourth-order valence-corrected chi connectivity index (χ4v) is 4.51. The largest absolute Gasteiger partial charge is 0.480 e. The number of benzene rings is 1. The summed E-state index contributed by atoms with van der Waals surface area (Å²) in [5.41, 5.74) is 0. The molecule has 2 aliphatic rings. The molecule has 5 heteroatoms. The van der Waals surface area contributed by atoms with Gasteiger partial charge in [0.1, 0.15) is 0 Å². The van der Waals surface area contributed by atoms with Crippen LogP contribution in [0.25, 0.3) is 0 Å². The van der Waals surface area contributed by atoms with Gasteiger partial charge in [0.25, 0.3) is 0 Å². The number of hydrogen-bond donors (Lipinski definition) is 1. The van der Waals surface area contributed by atoms with E-state index in [1.165, 1.54) is 0 Å². The topological polar surface area (TPSA) is 67.2 Å². The minimum absolute atomic E-state index is 0.0230. The lowest BCUT2D eigenvalue weighted by atomic mass is 10.3. The zero-order valence-electron chi connectivity index (χ0n) is 8.51. The van der Waals surface area contributed by atoms with Gasteiger partial charge in [-0.05, 0) is 18.6 Å². The molecule has 2 unspecified atom stereocenters. The van der Waals surface area contributed by atoms with Crippen molar-refractivity contribution < 1.29 is 13.2 Å². The SMILES string of the molecule is N=C1OCC2CC12S(=O)(=O)c1ccccc1. The molecule has 1 heterocycles. The van der Waals surface area contributed by atoms with Crippen LogP contribution in [0.5, 0.6) is 0 Å². The summed E-state index contributed by atoms with van der Waals surface area (Å²) in [6, 6.07) is 8.31. The van der Waals surface area contributed by atoms with Crippen molar-refractivity contribution in [1.29, 1.82) is 5.41 Å². The van der Waals surface area contributed by atoms with Crippen LogP contribution >= 0.6 is 0 Å². The molecule has 4 nitrogen and oxygen atoms in total. The van der Waals surface area contributed by atoms with E-state index < -0.39 is 14.6 Å². The quantitative estimate of drug-likeness (QED) is 0.841. The van der Waals surface area contributed by atoms with Crippen LogP contribution in [0.15, 0.2) is 35.2 Å². The van der Waals surface area contributed by atoms with E-state index >= 15 is 0 Å². The molecule has 0 bridgehead atoms. The molecule has 1 aliphatic heterocycles. The molecule has 1 saturated carbocycles. The van der Waals surface area contributed by atoms with Crippen molar-refractivity contribution in [3.8, 4) is 0 Å². The van der Waals surface area contributed by atoms with Crippen molar-refractivity contribution in [1.82, 2.24) is 0 Å². The van der Waals surface area contributed by atoms with E-state index in [1.807, 2.05) is 0 Å². The van der Waals surface area contributed by atoms with Gasteiger partial charge in [-0.1, -0.05) is 18.2 Å². The van der Waals surface area contributed by atoms with Gasteiger partial charge in [-0.25, -0.2) is 8.42 Å². The first-order chi connectivity index (χ1) is 7.59. The first-order valence-electron chi connectivity index (χ1n) is 5.10. The van der Waals surface area contributed by atoms with Crippen molar-refractivity contribution in [2.45, 2.75) is 16.1 Å². The highest BCUT2D eigenvalue weighted by molar-refractivity contribution is 7.94. The van der Waals surface area contributed by atoms with E-state index in [-0.39, 0.29) is 16.7 Å². The summed E-state index contributed by atoms with van der Waals surface area (Å²) in [6.07, 6.45) is 0.531. The van der Waals surface area contributed by atoms with Crippen LogP contribution in [-0.2, 0) is 14.6 Å². The lowest BCUT2D eigenvalue weighted by Gasteiger charge is -2.12. The average molecular weight is 237 g/mol. The van der Waals surface area contributed by atoms with Crippen LogP contribution in [-0.4, -0.2) is 25.7 Å². The number of fused-ring (bicyclic) bond motifs is 1. The summed E-state index contributed by atoms with van der Waals surface area (Å²) < 4.78 is 28.8. The minimum atomic E-state index is -3.46. The summed E-state index contributed by atoms with van der Waals surface area (Å²) in [5.74, 6) is -0.105. The van der Waals surface area contributed by atoms with Gasteiger partial charge in [-0.15, -0.1) is 0 Å². The van der Waals surface area contributed by atoms with Gasteiger partial charge in [0.05, 0.1) is 11.5 Å². The monoisotopic (exact) mass is 237 g/mol. The maximum absolute atomic E-state index is 12.4. The summed E-state index contributed by atoms with van der Waals surface area (Å²) in [6.45, 7) is 0.366. The van der Waals surface area contributed by atoms with E-state index in [2.05, 4.69) is 0 Å². The molecule has 1 saturated heterocycles. The Bertz CT molecular complexity index is 552. The van der Waals surface area contributed by atoms with Gasteiger partial charge in [0.15, 0.2) is 14.6 Å². The zero-order valence-corrected chi connectivity index (χ0v) is 9.33. The number of sulfone groups is 1. The predicted molar refractivity (Wildman–Crippen MR) is 58.1 cm³/mol. The van der Waals surface area contributed by atoms with Crippen molar-refractivity contribution in [2.24, 2.45) is 5.92 Å². The third-order valence-electron chi connectivity index (χ3n) is 3.40. The van der Waals surface area contributed by atoms with Crippen LogP contribution < -0.4 is 0 Å². The molecule has 0 aromatic heterocycles. The van der Waals surface area contributed by atoms with E-state index in [4.69, 9.17) is 10.1 Å². The van der Waals surface area contributed by atoms with Crippen LogP contribution in [0.3, 0.4) is 0 Å². The third kappa shape index (κ3) is 0.988. The second kappa shape index (κ2) is 2.85. The lowest BCUT2D eigenvalue weighted by molar-refractivity contribution is 0.311. The molecule has 1 aromatic rings. The number of ether oxygens (including phenoxy) is 1. The minimum Gasteiger partial charge on any atom is -0.480 e. The van der Waals surface area contributed by atoms with E-state index in [1.54, 1.807) is 30.3 Å². The molecule has 0 spiro atoms. The zero-order chi connectivity index (χ0) is 11.4. The number of rotatable bonds is 2. The number of nitrogens with one attached hydrogen (secondary N) is 1. The fraction of sp³-hybridized carbons (Fsp3) is 0.364. The van der Waals surface area contributed by atoms with Crippen LogP contribution in [0.1, 0.15) is 6.42 Å². The Labute approximate surface area is 93.7 Å². The van der Waals surface area contributed by atoms with Crippen LogP contribution in [0.2, 0.25) is 0 Å². The maximum Gasteiger partial charge on any atom is 0.203 e. The first kappa shape index (κ1) is 9.84. The normalized spacial score (nSPS) is 32.0. The van der Waals surface area contributed by atoms with Gasteiger partial charge in [-0.3, -0.25) is 5.41 Å². The predicted octanol–water partition coefficient (Wildman–Crippen LogP) is 1.23. The highest BCUT2D eigenvalue weighted by atomic mass is 32.2. The van der Waals surface area contributed by atoms with E-state index in [0.717, 1.165) is 0 Å². The summed E-state index contributed by atoms with van der Waals surface area (Å²) in [5, 5.41) is 7.65. The van der Waals surface area contributed by atoms with Gasteiger partial charge in [0.2, 0.25) is 5.90 Å². The fourth-order valence-electron chi connectivity index (χ4n) is 2.35. The molecular weight excluding hydrogens is 226 g/mol. The molecular formula is C11H11NO3S. The lowest BCUT2D eigenvalue weighted by Crippen LogP contribution is -2.31. The molecule has 0 amide bonds. The summed E-state index contributed by atoms with van der Waals surface area (Å²) in [7, 11) is -3.46. The Morgan fingerprint density at radius 3 is 2.50 bits per heavy atom. The Balaban J connectivity index is 2.12. The summed E-state index contributed by atoms with van der Waals surface area (Å²) in [4.78, 5) is 0.285. The van der Waals surface area contributed by atoms with Gasteiger partial charge in [0, 0.05) is 5.92 Å². The van der Waals surface area contributed by atoms with E-state index in [9.17, 15) is 8.42 Å². The number of hydrogen-bond acceptors (Lipinski definition) is 4. The first-order valence-corrected chi connectivity index (χ1v) is 6.59. The molecule has 1 aromatic carbocycles. The van der Waals surface area contributed by atoms with Crippen molar-refractivity contribution in [3.63, 3.8) is 0 Å². The smallest absolute Gasteiger partial charge is 0.203 e. The Hall–Kier alpha value is -1.36. The highest BCUT2D eigenvalue weighted by Crippen LogP contribution is 2.57. The molecule has 84 valence electrons. The van der Waals surface area contributed by atoms with Crippen molar-refractivity contribution in [3.05, 3.63) is 30.3 Å². The standard InChI is InChI=1S/C11H11NO3S/c12-10-11(6-8(11)7-15-10)16(13,14)9-4-2-1-3-5-9/h1-5,8,12H,6-7H2. The van der Waals surface area contributed by atoms with Crippen molar-refractivity contribution in [2.75, 3.05) is 6.61 Å². The van der Waals surface area contributed by atoms with Gasteiger partial charge < -0.3 is 4.74 Å². The maximum atomic E-state index is 12.4. The average Bonchev–Trinajstić information content (AvgIpc) is 2.96. The molecule has 16 heavy (non-hydrogen) atoms. The van der Waals surface area contributed by atoms with Gasteiger partial charge >= 0.3 is 0 Å². The van der Waals surface area contributed by atoms with Crippen LogP contribution in [0.4, 0.5) is 0 Å². The third-order valence-corrected chi connectivity index (χ3v) is 5.93. The Kier molecular flexibility index (Phi) is 1.75. The Morgan fingerprint density at radius 1 is 1.31 bits per heavy atom.